The zero-order valence-corrected chi connectivity index (χ0v) is 8.66. The van der Waals surface area contributed by atoms with Crippen molar-refractivity contribution in [1.82, 2.24) is 0 Å². The van der Waals surface area contributed by atoms with Gasteiger partial charge >= 0.3 is 5.51 Å². The largest absolute Gasteiger partial charge is 0.446 e. The van der Waals surface area contributed by atoms with Crippen molar-refractivity contribution in [2.75, 3.05) is 0 Å². The van der Waals surface area contributed by atoms with Crippen molar-refractivity contribution in [1.29, 1.82) is 0 Å². The van der Waals surface area contributed by atoms with E-state index < -0.39 is 28.0 Å². The molecule has 1 aromatic rings. The first kappa shape index (κ1) is 11.9. The van der Waals surface area contributed by atoms with Gasteiger partial charge in [-0.1, -0.05) is 23.2 Å². The van der Waals surface area contributed by atoms with E-state index in [4.69, 9.17) is 23.2 Å². The molecule has 0 saturated heterocycles. The van der Waals surface area contributed by atoms with Gasteiger partial charge in [0.05, 0.1) is 14.9 Å². The van der Waals surface area contributed by atoms with Crippen LogP contribution in [0.1, 0.15) is 0 Å². The van der Waals surface area contributed by atoms with E-state index in [2.05, 4.69) is 0 Å². The second-order valence-electron chi connectivity index (χ2n) is 2.24. The Labute approximate surface area is 91.2 Å². The monoisotopic (exact) mass is 264 g/mol. The molecule has 78 valence electrons. The zero-order valence-electron chi connectivity index (χ0n) is 6.33. The smallest absolute Gasteiger partial charge is 0.206 e. The molecule has 0 atom stereocenters. The van der Waals surface area contributed by atoms with Crippen LogP contribution in [0, 0.1) is 5.82 Å². The number of halogens is 6. The summed E-state index contributed by atoms with van der Waals surface area (Å²) in [5.41, 5.74) is -4.54. The van der Waals surface area contributed by atoms with Gasteiger partial charge in [-0.05, 0) is 23.9 Å². The Kier molecular flexibility index (Phi) is 3.55. The molecule has 7 heteroatoms. The molecule has 1 aromatic carbocycles. The summed E-state index contributed by atoms with van der Waals surface area (Å²) in [6.45, 7) is 0. The van der Waals surface area contributed by atoms with E-state index in [1.165, 1.54) is 0 Å². The summed E-state index contributed by atoms with van der Waals surface area (Å²) < 4.78 is 48.5. The maximum Gasteiger partial charge on any atom is 0.446 e. The molecule has 0 aliphatic rings. The predicted molar refractivity (Wildman–Crippen MR) is 48.3 cm³/mol. The molecule has 0 fully saturated rings. The Hall–Kier alpha value is -0.130. The fraction of sp³-hybridized carbons (Fsp3) is 0.143. The lowest BCUT2D eigenvalue weighted by atomic mass is 10.3. The van der Waals surface area contributed by atoms with E-state index in [-0.39, 0.29) is 10.0 Å². The minimum Gasteiger partial charge on any atom is -0.206 e. The quantitative estimate of drug-likeness (QED) is 0.401. The van der Waals surface area contributed by atoms with Crippen LogP contribution in [0.15, 0.2) is 17.0 Å². The van der Waals surface area contributed by atoms with Crippen LogP contribution < -0.4 is 0 Å². The number of benzene rings is 1. The van der Waals surface area contributed by atoms with Crippen LogP contribution in [0.5, 0.6) is 0 Å². The van der Waals surface area contributed by atoms with Gasteiger partial charge in [0.1, 0.15) is 5.82 Å². The number of hydrogen-bond donors (Lipinski definition) is 0. The number of hydrogen-bond acceptors (Lipinski definition) is 1. The standard InChI is InChI=1S/C7H2Cl2F4S/c8-3-1-5(10)6(2-4(3)9)14-7(11,12)13/h1-2H. The molecule has 0 saturated carbocycles. The molecule has 0 N–H and O–H groups in total. The molecule has 0 spiro atoms. The van der Waals surface area contributed by atoms with E-state index in [1.807, 2.05) is 0 Å². The van der Waals surface area contributed by atoms with Crippen molar-refractivity contribution in [3.63, 3.8) is 0 Å². The first-order valence-corrected chi connectivity index (χ1v) is 4.77. The second kappa shape index (κ2) is 4.16. The molecule has 0 aliphatic heterocycles. The molecule has 0 nitrogen and oxygen atoms in total. The Morgan fingerprint density at radius 3 is 2.07 bits per heavy atom. The third-order valence-corrected chi connectivity index (χ3v) is 2.69. The van der Waals surface area contributed by atoms with Crippen LogP contribution in [0.4, 0.5) is 17.6 Å². The highest BCUT2D eigenvalue weighted by atomic mass is 35.5. The SMILES string of the molecule is Fc1cc(Cl)c(Cl)cc1SC(F)(F)F. The molecule has 0 aromatic heterocycles. The third-order valence-electron chi connectivity index (χ3n) is 1.20. The average molecular weight is 265 g/mol. The van der Waals surface area contributed by atoms with Gasteiger partial charge in [-0.3, -0.25) is 0 Å². The van der Waals surface area contributed by atoms with Crippen LogP contribution in [0.2, 0.25) is 10.0 Å². The Balaban J connectivity index is 3.04. The Bertz CT molecular complexity index is 350. The molecule has 0 bridgehead atoms. The van der Waals surface area contributed by atoms with Gasteiger partial charge < -0.3 is 0 Å². The molecule has 0 radical (unpaired) electrons. The third kappa shape index (κ3) is 3.22. The molecule has 0 unspecified atom stereocenters. The number of alkyl halides is 3. The second-order valence-corrected chi connectivity index (χ2v) is 4.17. The summed E-state index contributed by atoms with van der Waals surface area (Å²) in [5, 5.41) is -0.226. The summed E-state index contributed by atoms with van der Waals surface area (Å²) in [4.78, 5) is -0.591. The average Bonchev–Trinajstić information content (AvgIpc) is 1.97. The van der Waals surface area contributed by atoms with E-state index in [1.54, 1.807) is 0 Å². The van der Waals surface area contributed by atoms with Crippen molar-refractivity contribution in [2.24, 2.45) is 0 Å². The van der Waals surface area contributed by atoms with Crippen LogP contribution >= 0.6 is 35.0 Å². The number of rotatable bonds is 1. The fourth-order valence-electron chi connectivity index (χ4n) is 0.707. The number of thioether (sulfide) groups is 1. The van der Waals surface area contributed by atoms with Gasteiger partial charge in [0.15, 0.2) is 0 Å². The van der Waals surface area contributed by atoms with E-state index in [0.717, 1.165) is 12.1 Å². The van der Waals surface area contributed by atoms with Crippen molar-refractivity contribution in [3.8, 4) is 0 Å². The van der Waals surface area contributed by atoms with Gasteiger partial charge in [0.25, 0.3) is 0 Å². The minimum absolute atomic E-state index is 0.111. The summed E-state index contributed by atoms with van der Waals surface area (Å²) in [6.07, 6.45) is 0. The molecule has 0 amide bonds. The van der Waals surface area contributed by atoms with Gasteiger partial charge in [-0.15, -0.1) is 0 Å². The molecule has 0 aliphatic carbocycles. The predicted octanol–water partition coefficient (Wildman–Crippen LogP) is 4.74. The van der Waals surface area contributed by atoms with Crippen LogP contribution in [-0.2, 0) is 0 Å². The zero-order chi connectivity index (χ0) is 10.9. The molecule has 14 heavy (non-hydrogen) atoms. The lowest BCUT2D eigenvalue weighted by Crippen LogP contribution is -2.00. The summed E-state index contributed by atoms with van der Waals surface area (Å²) in [6, 6.07) is 1.59. The molecular weight excluding hydrogens is 263 g/mol. The fourth-order valence-corrected chi connectivity index (χ4v) is 1.67. The Morgan fingerprint density at radius 2 is 1.57 bits per heavy atom. The van der Waals surface area contributed by atoms with Crippen molar-refractivity contribution in [2.45, 2.75) is 10.4 Å². The Morgan fingerprint density at radius 1 is 1.07 bits per heavy atom. The lowest BCUT2D eigenvalue weighted by Gasteiger charge is -2.07. The summed E-state index contributed by atoms with van der Waals surface area (Å²) in [7, 11) is 0. The van der Waals surface area contributed by atoms with Crippen molar-refractivity contribution < 1.29 is 17.6 Å². The van der Waals surface area contributed by atoms with Gasteiger partial charge in [-0.2, -0.15) is 13.2 Å². The van der Waals surface area contributed by atoms with E-state index in [0.29, 0.717) is 0 Å². The van der Waals surface area contributed by atoms with Crippen molar-refractivity contribution in [3.05, 3.63) is 28.0 Å². The van der Waals surface area contributed by atoms with Crippen LogP contribution in [-0.4, -0.2) is 5.51 Å². The minimum atomic E-state index is -4.54. The van der Waals surface area contributed by atoms with Gasteiger partial charge in [0, 0.05) is 0 Å². The first-order valence-electron chi connectivity index (χ1n) is 3.20. The molecular formula is C7H2Cl2F4S. The van der Waals surface area contributed by atoms with E-state index >= 15 is 0 Å². The highest BCUT2D eigenvalue weighted by Gasteiger charge is 2.31. The maximum absolute atomic E-state index is 12.9. The highest BCUT2D eigenvalue weighted by Crippen LogP contribution is 2.40. The van der Waals surface area contributed by atoms with Crippen LogP contribution in [0.25, 0.3) is 0 Å². The molecule has 1 rings (SSSR count). The van der Waals surface area contributed by atoms with Gasteiger partial charge in [0.2, 0.25) is 0 Å². The van der Waals surface area contributed by atoms with Gasteiger partial charge in [-0.25, -0.2) is 4.39 Å². The normalized spacial score (nSPS) is 11.9. The maximum atomic E-state index is 12.9. The van der Waals surface area contributed by atoms with Crippen LogP contribution in [0.3, 0.4) is 0 Å². The molecule has 0 heterocycles. The lowest BCUT2D eigenvalue weighted by molar-refractivity contribution is -0.0329. The highest BCUT2D eigenvalue weighted by molar-refractivity contribution is 8.00. The van der Waals surface area contributed by atoms with E-state index in [9.17, 15) is 17.6 Å². The topological polar surface area (TPSA) is 0 Å². The summed E-state index contributed by atoms with van der Waals surface area (Å²) in [5.74, 6) is -1.04. The summed E-state index contributed by atoms with van der Waals surface area (Å²) >= 11 is 10.3. The first-order chi connectivity index (χ1) is 6.29. The van der Waals surface area contributed by atoms with Crippen molar-refractivity contribution >= 4 is 35.0 Å².